The standard InChI is InChI=1S/C15H18N4O3/c1-4-22-12-7-5-6-11(14(12)21-3)9-16-19-15-17-10(2)8-13(20)18-15/h5-9H,4H2,1-3H3,(H2,17,18,19,20)/b16-9-. The van der Waals surface area contributed by atoms with Gasteiger partial charge in [0, 0.05) is 17.3 Å². The second-order valence-corrected chi connectivity index (χ2v) is 4.42. The Bertz CT molecular complexity index is 725. The van der Waals surface area contributed by atoms with Crippen LogP contribution in [-0.4, -0.2) is 29.9 Å². The fraction of sp³-hybridized carbons (Fsp3) is 0.267. The number of benzene rings is 1. The van der Waals surface area contributed by atoms with Crippen molar-refractivity contribution in [2.24, 2.45) is 5.10 Å². The van der Waals surface area contributed by atoms with Crippen LogP contribution in [0.4, 0.5) is 5.95 Å². The quantitative estimate of drug-likeness (QED) is 0.629. The van der Waals surface area contributed by atoms with E-state index in [9.17, 15) is 4.79 Å². The number of hydrogen-bond acceptors (Lipinski definition) is 6. The van der Waals surface area contributed by atoms with Crippen molar-refractivity contribution in [3.8, 4) is 11.5 Å². The number of anilines is 1. The molecule has 116 valence electrons. The van der Waals surface area contributed by atoms with Crippen molar-refractivity contribution in [3.05, 3.63) is 45.9 Å². The van der Waals surface area contributed by atoms with Gasteiger partial charge in [0.25, 0.3) is 5.56 Å². The molecule has 0 radical (unpaired) electrons. The zero-order chi connectivity index (χ0) is 15.9. The summed E-state index contributed by atoms with van der Waals surface area (Å²) in [5, 5.41) is 4.06. The Hall–Kier alpha value is -2.83. The zero-order valence-corrected chi connectivity index (χ0v) is 12.7. The Balaban J connectivity index is 2.19. The summed E-state index contributed by atoms with van der Waals surface area (Å²) in [6.45, 7) is 4.18. The van der Waals surface area contributed by atoms with Crippen molar-refractivity contribution in [2.45, 2.75) is 13.8 Å². The van der Waals surface area contributed by atoms with Gasteiger partial charge in [-0.2, -0.15) is 5.10 Å². The van der Waals surface area contributed by atoms with Gasteiger partial charge in [-0.05, 0) is 26.0 Å². The van der Waals surface area contributed by atoms with Gasteiger partial charge >= 0.3 is 0 Å². The van der Waals surface area contributed by atoms with E-state index in [2.05, 4.69) is 20.5 Å². The van der Waals surface area contributed by atoms with E-state index in [0.717, 1.165) is 5.56 Å². The molecule has 0 saturated heterocycles. The van der Waals surface area contributed by atoms with Crippen molar-refractivity contribution >= 4 is 12.2 Å². The second kappa shape index (κ2) is 7.26. The number of aromatic nitrogens is 2. The third kappa shape index (κ3) is 3.85. The number of nitrogens with zero attached hydrogens (tertiary/aromatic N) is 2. The maximum Gasteiger partial charge on any atom is 0.252 e. The van der Waals surface area contributed by atoms with E-state index in [0.29, 0.717) is 23.8 Å². The normalized spacial score (nSPS) is 10.7. The van der Waals surface area contributed by atoms with Gasteiger partial charge < -0.3 is 9.47 Å². The third-order valence-corrected chi connectivity index (χ3v) is 2.76. The number of para-hydroxylation sites is 1. The van der Waals surface area contributed by atoms with Gasteiger partial charge in [-0.1, -0.05) is 6.07 Å². The van der Waals surface area contributed by atoms with Gasteiger partial charge in [0.1, 0.15) is 0 Å². The summed E-state index contributed by atoms with van der Waals surface area (Å²) < 4.78 is 10.9. The van der Waals surface area contributed by atoms with Crippen LogP contribution in [0.25, 0.3) is 0 Å². The van der Waals surface area contributed by atoms with Crippen LogP contribution in [0.15, 0.2) is 34.2 Å². The molecule has 0 bridgehead atoms. The predicted octanol–water partition coefficient (Wildman–Crippen LogP) is 1.93. The van der Waals surface area contributed by atoms with E-state index in [1.54, 1.807) is 20.2 Å². The number of hydrogen-bond donors (Lipinski definition) is 2. The Kier molecular flexibility index (Phi) is 5.13. The van der Waals surface area contributed by atoms with Gasteiger partial charge in [-0.3, -0.25) is 9.78 Å². The molecule has 7 heteroatoms. The monoisotopic (exact) mass is 302 g/mol. The molecule has 1 heterocycles. The molecule has 0 unspecified atom stereocenters. The smallest absolute Gasteiger partial charge is 0.252 e. The van der Waals surface area contributed by atoms with Gasteiger partial charge in [-0.25, -0.2) is 10.4 Å². The first-order chi connectivity index (χ1) is 10.6. The molecule has 2 N–H and O–H groups in total. The number of nitrogens with one attached hydrogen (secondary N) is 2. The topological polar surface area (TPSA) is 88.6 Å². The lowest BCUT2D eigenvalue weighted by molar-refractivity contribution is 0.311. The lowest BCUT2D eigenvalue weighted by atomic mass is 10.2. The highest BCUT2D eigenvalue weighted by atomic mass is 16.5. The minimum Gasteiger partial charge on any atom is -0.492 e. The molecule has 1 aromatic heterocycles. The van der Waals surface area contributed by atoms with Crippen molar-refractivity contribution in [1.82, 2.24) is 9.97 Å². The van der Waals surface area contributed by atoms with Gasteiger partial charge in [0.15, 0.2) is 11.5 Å². The first-order valence-electron chi connectivity index (χ1n) is 6.81. The van der Waals surface area contributed by atoms with Crippen LogP contribution in [0.3, 0.4) is 0 Å². The molecule has 1 aromatic carbocycles. The van der Waals surface area contributed by atoms with E-state index in [4.69, 9.17) is 9.47 Å². The molecule has 7 nitrogen and oxygen atoms in total. The summed E-state index contributed by atoms with van der Waals surface area (Å²) >= 11 is 0. The summed E-state index contributed by atoms with van der Waals surface area (Å²) in [4.78, 5) is 18.0. The summed E-state index contributed by atoms with van der Waals surface area (Å²) in [6.07, 6.45) is 1.57. The molecule has 0 amide bonds. The SMILES string of the molecule is CCOc1cccc(/C=N\Nc2nc(C)cc(=O)[nH]2)c1OC. The summed E-state index contributed by atoms with van der Waals surface area (Å²) in [5.74, 6) is 1.53. The zero-order valence-electron chi connectivity index (χ0n) is 12.7. The fourth-order valence-electron chi connectivity index (χ4n) is 1.92. The van der Waals surface area contributed by atoms with E-state index in [-0.39, 0.29) is 11.5 Å². The average molecular weight is 302 g/mol. The molecule has 22 heavy (non-hydrogen) atoms. The van der Waals surface area contributed by atoms with E-state index in [1.165, 1.54) is 6.07 Å². The molecular weight excluding hydrogens is 284 g/mol. The number of aromatic amines is 1. The third-order valence-electron chi connectivity index (χ3n) is 2.76. The Labute approximate surface area is 128 Å². The Morgan fingerprint density at radius 2 is 2.27 bits per heavy atom. The number of aryl methyl sites for hydroxylation is 1. The number of hydrazone groups is 1. The minimum atomic E-state index is -0.235. The first-order valence-corrected chi connectivity index (χ1v) is 6.81. The molecular formula is C15H18N4O3. The number of methoxy groups -OCH3 is 1. The molecule has 2 aromatic rings. The van der Waals surface area contributed by atoms with Crippen molar-refractivity contribution in [1.29, 1.82) is 0 Å². The van der Waals surface area contributed by atoms with Crippen LogP contribution in [-0.2, 0) is 0 Å². The Morgan fingerprint density at radius 1 is 1.45 bits per heavy atom. The van der Waals surface area contributed by atoms with E-state index in [1.807, 2.05) is 25.1 Å². The summed E-state index contributed by atoms with van der Waals surface area (Å²) in [7, 11) is 1.57. The summed E-state index contributed by atoms with van der Waals surface area (Å²) in [6, 6.07) is 6.93. The van der Waals surface area contributed by atoms with Gasteiger partial charge in [0.2, 0.25) is 5.95 Å². The molecule has 0 spiro atoms. The van der Waals surface area contributed by atoms with E-state index < -0.39 is 0 Å². The molecule has 0 saturated carbocycles. The number of H-pyrrole nitrogens is 1. The molecule has 0 atom stereocenters. The highest BCUT2D eigenvalue weighted by Gasteiger charge is 2.08. The van der Waals surface area contributed by atoms with Crippen LogP contribution in [0.1, 0.15) is 18.2 Å². The largest absolute Gasteiger partial charge is 0.492 e. The average Bonchev–Trinajstić information content (AvgIpc) is 2.47. The van der Waals surface area contributed by atoms with Crippen LogP contribution >= 0.6 is 0 Å². The molecule has 2 rings (SSSR count). The maximum atomic E-state index is 11.3. The molecule has 0 aliphatic carbocycles. The second-order valence-electron chi connectivity index (χ2n) is 4.42. The highest BCUT2D eigenvalue weighted by Crippen LogP contribution is 2.29. The van der Waals surface area contributed by atoms with Crippen LogP contribution < -0.4 is 20.5 Å². The van der Waals surface area contributed by atoms with Gasteiger partial charge in [0.05, 0.1) is 19.9 Å². The van der Waals surface area contributed by atoms with Crippen LogP contribution in [0, 0.1) is 6.92 Å². The van der Waals surface area contributed by atoms with Crippen molar-refractivity contribution in [2.75, 3.05) is 19.1 Å². The lowest BCUT2D eigenvalue weighted by Crippen LogP contribution is -2.10. The number of ether oxygens (including phenoxy) is 2. The fourth-order valence-corrected chi connectivity index (χ4v) is 1.92. The maximum absolute atomic E-state index is 11.3. The number of rotatable bonds is 6. The van der Waals surface area contributed by atoms with E-state index >= 15 is 0 Å². The lowest BCUT2D eigenvalue weighted by Gasteiger charge is -2.11. The van der Waals surface area contributed by atoms with Gasteiger partial charge in [-0.15, -0.1) is 0 Å². The summed E-state index contributed by atoms with van der Waals surface area (Å²) in [5.41, 5.74) is 3.80. The van der Waals surface area contributed by atoms with Crippen LogP contribution in [0.2, 0.25) is 0 Å². The van der Waals surface area contributed by atoms with Crippen molar-refractivity contribution in [3.63, 3.8) is 0 Å². The van der Waals surface area contributed by atoms with Crippen molar-refractivity contribution < 1.29 is 9.47 Å². The molecule has 0 aliphatic heterocycles. The van der Waals surface area contributed by atoms with Crippen LogP contribution in [0.5, 0.6) is 11.5 Å². The minimum absolute atomic E-state index is 0.235. The Morgan fingerprint density at radius 3 is 2.95 bits per heavy atom. The highest BCUT2D eigenvalue weighted by molar-refractivity contribution is 5.85. The molecule has 0 aliphatic rings. The predicted molar refractivity (Wildman–Crippen MR) is 85.0 cm³/mol. The first kappa shape index (κ1) is 15.6. The molecule has 0 fully saturated rings.